The molecule has 3 aromatic rings. The van der Waals surface area contributed by atoms with E-state index >= 15 is 0 Å². The van der Waals surface area contributed by atoms with E-state index in [1.54, 1.807) is 18.3 Å². The molecule has 1 aromatic carbocycles. The van der Waals surface area contributed by atoms with Crippen LogP contribution in [0.2, 0.25) is 5.02 Å². The third kappa shape index (κ3) is 4.66. The molecule has 0 saturated carbocycles. The molecule has 2 N–H and O–H groups in total. The normalized spacial score (nSPS) is 10.2. The first-order chi connectivity index (χ1) is 13.6. The summed E-state index contributed by atoms with van der Waals surface area (Å²) in [5.74, 6) is 0.915. The Hall–Kier alpha value is -3.39. The Balaban J connectivity index is 1.68. The van der Waals surface area contributed by atoms with Gasteiger partial charge in [0.2, 0.25) is 0 Å². The Bertz CT molecular complexity index is 952. The van der Waals surface area contributed by atoms with Crippen LogP contribution < -0.4 is 20.1 Å². The average molecular weight is 400 g/mol. The van der Waals surface area contributed by atoms with Crippen LogP contribution in [0.4, 0.5) is 11.5 Å². The second-order valence-corrected chi connectivity index (χ2v) is 6.01. The Morgan fingerprint density at radius 2 is 1.89 bits per heavy atom. The summed E-state index contributed by atoms with van der Waals surface area (Å²) in [6.07, 6.45) is 4.59. The van der Waals surface area contributed by atoms with Crippen molar-refractivity contribution in [2.45, 2.75) is 6.54 Å². The van der Waals surface area contributed by atoms with Crippen LogP contribution in [0.1, 0.15) is 16.2 Å². The maximum Gasteiger partial charge on any atom is 0.275 e. The summed E-state index contributed by atoms with van der Waals surface area (Å²) in [5, 5.41) is 6.19. The van der Waals surface area contributed by atoms with E-state index in [4.69, 9.17) is 21.1 Å². The molecule has 0 atom stereocenters. The molecular formula is C19H18ClN5O3. The summed E-state index contributed by atoms with van der Waals surface area (Å²) in [6.45, 7) is 0.503. The van der Waals surface area contributed by atoms with Gasteiger partial charge < -0.3 is 20.1 Å². The van der Waals surface area contributed by atoms with Gasteiger partial charge in [0.05, 0.1) is 49.6 Å². The van der Waals surface area contributed by atoms with Crippen molar-refractivity contribution in [2.75, 3.05) is 24.9 Å². The van der Waals surface area contributed by atoms with Crippen LogP contribution in [-0.4, -0.2) is 35.1 Å². The highest BCUT2D eigenvalue weighted by Crippen LogP contribution is 2.36. The van der Waals surface area contributed by atoms with Crippen molar-refractivity contribution in [3.63, 3.8) is 0 Å². The fraction of sp³-hybridized carbons (Fsp3) is 0.158. The number of rotatable bonds is 7. The number of anilines is 2. The zero-order valence-corrected chi connectivity index (χ0v) is 16.0. The quantitative estimate of drug-likeness (QED) is 0.628. The van der Waals surface area contributed by atoms with Gasteiger partial charge in [-0.25, -0.2) is 9.97 Å². The SMILES string of the molecule is COc1cc(NC(=O)c2cnc(NCc3ccccn3)cn2)c(OC)cc1Cl. The average Bonchev–Trinajstić information content (AvgIpc) is 2.74. The highest BCUT2D eigenvalue weighted by atomic mass is 35.5. The maximum atomic E-state index is 12.5. The summed E-state index contributed by atoms with van der Waals surface area (Å²) in [5.41, 5.74) is 1.43. The monoisotopic (exact) mass is 399 g/mol. The Labute approximate surface area is 166 Å². The molecule has 0 aliphatic rings. The summed E-state index contributed by atoms with van der Waals surface area (Å²) in [4.78, 5) is 25.1. The number of benzene rings is 1. The fourth-order valence-corrected chi connectivity index (χ4v) is 2.60. The number of pyridine rings is 1. The first-order valence-electron chi connectivity index (χ1n) is 8.29. The number of nitrogens with one attached hydrogen (secondary N) is 2. The van der Waals surface area contributed by atoms with Crippen molar-refractivity contribution in [3.05, 3.63) is 65.3 Å². The lowest BCUT2D eigenvalue weighted by Gasteiger charge is -2.13. The van der Waals surface area contributed by atoms with E-state index in [-0.39, 0.29) is 5.69 Å². The predicted octanol–water partition coefficient (Wildman–Crippen LogP) is 3.41. The number of halogens is 1. The van der Waals surface area contributed by atoms with Crippen LogP contribution in [0.15, 0.2) is 48.9 Å². The second kappa shape index (κ2) is 9.01. The van der Waals surface area contributed by atoms with Gasteiger partial charge in [0, 0.05) is 18.3 Å². The molecule has 8 nitrogen and oxygen atoms in total. The number of carbonyl (C=O) groups excluding carboxylic acids is 1. The van der Waals surface area contributed by atoms with Gasteiger partial charge in [-0.15, -0.1) is 0 Å². The molecule has 2 heterocycles. The molecule has 3 rings (SSSR count). The number of carbonyl (C=O) groups is 1. The van der Waals surface area contributed by atoms with Crippen molar-refractivity contribution in [1.29, 1.82) is 0 Å². The number of amides is 1. The summed E-state index contributed by atoms with van der Waals surface area (Å²) in [6, 6.07) is 8.79. The third-order valence-corrected chi connectivity index (χ3v) is 4.08. The number of hydrogen-bond acceptors (Lipinski definition) is 7. The molecule has 0 radical (unpaired) electrons. The zero-order valence-electron chi connectivity index (χ0n) is 15.3. The molecule has 0 aliphatic heterocycles. The van der Waals surface area contributed by atoms with Crippen molar-refractivity contribution in [2.24, 2.45) is 0 Å². The first kappa shape index (κ1) is 19.4. The topological polar surface area (TPSA) is 98.3 Å². The van der Waals surface area contributed by atoms with Crippen LogP contribution in [0.5, 0.6) is 11.5 Å². The van der Waals surface area contributed by atoms with Crippen molar-refractivity contribution in [1.82, 2.24) is 15.0 Å². The minimum atomic E-state index is -0.438. The lowest BCUT2D eigenvalue weighted by atomic mass is 10.2. The van der Waals surface area contributed by atoms with Crippen LogP contribution in [0.3, 0.4) is 0 Å². The van der Waals surface area contributed by atoms with E-state index in [9.17, 15) is 4.79 Å². The largest absolute Gasteiger partial charge is 0.495 e. The summed E-state index contributed by atoms with van der Waals surface area (Å²) < 4.78 is 10.4. The molecule has 9 heteroatoms. The standard InChI is InChI=1S/C19H18ClN5O3/c1-27-16-8-14(17(28-2)7-13(16)20)25-19(26)15-10-24-18(11-22-15)23-9-12-5-3-4-6-21-12/h3-8,10-11H,9H2,1-2H3,(H,23,24)(H,25,26). The molecule has 0 fully saturated rings. The van der Waals surface area contributed by atoms with Crippen LogP contribution >= 0.6 is 11.6 Å². The molecular weight excluding hydrogens is 382 g/mol. The van der Waals surface area contributed by atoms with Crippen molar-refractivity contribution >= 4 is 29.0 Å². The minimum Gasteiger partial charge on any atom is -0.495 e. The Morgan fingerprint density at radius 3 is 2.54 bits per heavy atom. The van der Waals surface area contributed by atoms with Gasteiger partial charge in [-0.05, 0) is 12.1 Å². The molecule has 0 spiro atoms. The highest BCUT2D eigenvalue weighted by molar-refractivity contribution is 6.32. The van der Waals surface area contributed by atoms with Crippen LogP contribution in [0, 0.1) is 0 Å². The molecule has 1 amide bonds. The smallest absolute Gasteiger partial charge is 0.275 e. The zero-order chi connectivity index (χ0) is 19.9. The van der Waals surface area contributed by atoms with E-state index in [1.165, 1.54) is 26.6 Å². The molecule has 0 bridgehead atoms. The highest BCUT2D eigenvalue weighted by Gasteiger charge is 2.15. The number of nitrogens with zero attached hydrogens (tertiary/aromatic N) is 3. The van der Waals surface area contributed by atoms with Crippen LogP contribution in [-0.2, 0) is 6.54 Å². The second-order valence-electron chi connectivity index (χ2n) is 5.60. The maximum absolute atomic E-state index is 12.5. The molecule has 0 unspecified atom stereocenters. The predicted molar refractivity (Wildman–Crippen MR) is 106 cm³/mol. The number of methoxy groups -OCH3 is 2. The van der Waals surface area contributed by atoms with E-state index in [0.717, 1.165) is 5.69 Å². The van der Waals surface area contributed by atoms with Gasteiger partial charge in [-0.3, -0.25) is 9.78 Å². The summed E-state index contributed by atoms with van der Waals surface area (Å²) >= 11 is 6.07. The van der Waals surface area contributed by atoms with Crippen LogP contribution in [0.25, 0.3) is 0 Å². The number of aromatic nitrogens is 3. The van der Waals surface area contributed by atoms with Gasteiger partial charge in [0.15, 0.2) is 0 Å². The van der Waals surface area contributed by atoms with E-state index in [0.29, 0.717) is 34.6 Å². The molecule has 28 heavy (non-hydrogen) atoms. The number of ether oxygens (including phenoxy) is 2. The van der Waals surface area contributed by atoms with Gasteiger partial charge in [0.25, 0.3) is 5.91 Å². The summed E-state index contributed by atoms with van der Waals surface area (Å²) in [7, 11) is 2.97. The Kier molecular flexibility index (Phi) is 6.23. The number of hydrogen-bond donors (Lipinski definition) is 2. The van der Waals surface area contributed by atoms with Gasteiger partial charge >= 0.3 is 0 Å². The molecule has 2 aromatic heterocycles. The third-order valence-electron chi connectivity index (χ3n) is 3.78. The molecule has 0 aliphatic carbocycles. The molecule has 0 saturated heterocycles. The fourth-order valence-electron chi connectivity index (χ4n) is 2.36. The van der Waals surface area contributed by atoms with Gasteiger partial charge in [-0.2, -0.15) is 0 Å². The lowest BCUT2D eigenvalue weighted by Crippen LogP contribution is -2.15. The van der Waals surface area contributed by atoms with Crippen molar-refractivity contribution in [3.8, 4) is 11.5 Å². The minimum absolute atomic E-state index is 0.152. The van der Waals surface area contributed by atoms with E-state index in [2.05, 4.69) is 25.6 Å². The Morgan fingerprint density at radius 1 is 1.07 bits per heavy atom. The molecule has 144 valence electrons. The van der Waals surface area contributed by atoms with E-state index < -0.39 is 5.91 Å². The first-order valence-corrected chi connectivity index (χ1v) is 8.67. The lowest BCUT2D eigenvalue weighted by molar-refractivity contribution is 0.102. The van der Waals surface area contributed by atoms with Gasteiger partial charge in [0.1, 0.15) is 23.0 Å². The van der Waals surface area contributed by atoms with Gasteiger partial charge in [-0.1, -0.05) is 17.7 Å². The van der Waals surface area contributed by atoms with Crippen molar-refractivity contribution < 1.29 is 14.3 Å². The van der Waals surface area contributed by atoms with E-state index in [1.807, 2.05) is 18.2 Å².